The number of hydrogen-bond donors (Lipinski definition) is 2. The second kappa shape index (κ2) is 7.86. The molecule has 2 aromatic carbocycles. The molecule has 3 nitrogen and oxygen atoms in total. The van der Waals surface area contributed by atoms with Crippen LogP contribution in [0.25, 0.3) is 0 Å². The van der Waals surface area contributed by atoms with E-state index in [0.717, 1.165) is 30.1 Å². The third-order valence-electron chi connectivity index (χ3n) is 4.35. The Hall–Kier alpha value is -1.78. The Labute approximate surface area is 148 Å². The average molecular weight is 340 g/mol. The Morgan fingerprint density at radius 3 is 2.58 bits per heavy atom. The van der Waals surface area contributed by atoms with Crippen LogP contribution in [0.4, 0.5) is 0 Å². The fraction of sp³-hybridized carbons (Fsp3) is 0.350. The van der Waals surface area contributed by atoms with Gasteiger partial charge in [0.25, 0.3) is 0 Å². The highest BCUT2D eigenvalue weighted by Gasteiger charge is 2.24. The second-order valence-corrected chi connectivity index (χ2v) is 7.59. The Bertz CT molecular complexity index is 698. The number of aryl methyl sites for hydroxylation is 2. The lowest BCUT2D eigenvalue weighted by Crippen LogP contribution is -2.48. The fourth-order valence-electron chi connectivity index (χ4n) is 2.79. The van der Waals surface area contributed by atoms with Gasteiger partial charge in [0, 0.05) is 30.4 Å². The summed E-state index contributed by atoms with van der Waals surface area (Å²) < 4.78 is 0. The normalized spacial score (nSPS) is 15.6. The maximum atomic E-state index is 12.8. The minimum absolute atomic E-state index is 0.0954. The molecule has 0 bridgehead atoms. The molecular formula is C20H24N2OS. The third kappa shape index (κ3) is 4.19. The molecule has 1 fully saturated rings. The number of thioether (sulfide) groups is 1. The lowest BCUT2D eigenvalue weighted by molar-refractivity contribution is -0.120. The van der Waals surface area contributed by atoms with Crippen molar-refractivity contribution in [3.8, 4) is 0 Å². The maximum Gasteiger partial charge on any atom is 0.238 e. The first-order valence-corrected chi connectivity index (χ1v) is 9.29. The maximum absolute atomic E-state index is 12.8. The van der Waals surface area contributed by atoms with Crippen molar-refractivity contribution in [1.82, 2.24) is 10.6 Å². The third-order valence-corrected chi connectivity index (χ3v) is 5.78. The fourth-order valence-corrected chi connectivity index (χ4v) is 3.92. The van der Waals surface area contributed by atoms with Gasteiger partial charge in [-0.15, -0.1) is 11.8 Å². The number of nitrogens with one attached hydrogen (secondary N) is 2. The SMILES string of the molecule is Cc1ccc(SC(C(=O)NCC2CNC2)c2ccccc2)c(C)c1. The molecule has 1 aliphatic rings. The Morgan fingerprint density at radius 2 is 1.96 bits per heavy atom. The van der Waals surface area contributed by atoms with E-state index < -0.39 is 0 Å². The van der Waals surface area contributed by atoms with Gasteiger partial charge in [0.1, 0.15) is 5.25 Å². The Morgan fingerprint density at radius 1 is 1.21 bits per heavy atom. The lowest BCUT2D eigenvalue weighted by Gasteiger charge is -2.28. The van der Waals surface area contributed by atoms with Gasteiger partial charge < -0.3 is 10.6 Å². The number of rotatable bonds is 6. The number of benzene rings is 2. The van der Waals surface area contributed by atoms with E-state index in [9.17, 15) is 4.79 Å². The van der Waals surface area contributed by atoms with E-state index in [4.69, 9.17) is 0 Å². The van der Waals surface area contributed by atoms with E-state index in [0.29, 0.717) is 5.92 Å². The highest BCUT2D eigenvalue weighted by molar-refractivity contribution is 8.00. The molecule has 1 amide bonds. The second-order valence-electron chi connectivity index (χ2n) is 6.45. The van der Waals surface area contributed by atoms with Crippen LogP contribution in [0.5, 0.6) is 0 Å². The predicted octanol–water partition coefficient (Wildman–Crippen LogP) is 3.47. The molecule has 4 heteroatoms. The number of carbonyl (C=O) groups excluding carboxylic acids is 1. The van der Waals surface area contributed by atoms with E-state index >= 15 is 0 Å². The van der Waals surface area contributed by atoms with E-state index in [1.807, 2.05) is 30.3 Å². The summed E-state index contributed by atoms with van der Waals surface area (Å²) in [4.78, 5) is 14.0. The largest absolute Gasteiger partial charge is 0.354 e. The molecule has 2 N–H and O–H groups in total. The summed E-state index contributed by atoms with van der Waals surface area (Å²) in [5.74, 6) is 0.662. The minimum Gasteiger partial charge on any atom is -0.354 e. The summed E-state index contributed by atoms with van der Waals surface area (Å²) in [6, 6.07) is 16.4. The van der Waals surface area contributed by atoms with Crippen molar-refractivity contribution in [1.29, 1.82) is 0 Å². The minimum atomic E-state index is -0.222. The topological polar surface area (TPSA) is 41.1 Å². The molecule has 0 spiro atoms. The quantitative estimate of drug-likeness (QED) is 0.791. The molecule has 0 saturated carbocycles. The van der Waals surface area contributed by atoms with Crippen LogP contribution >= 0.6 is 11.8 Å². The molecule has 1 aliphatic heterocycles. The van der Waals surface area contributed by atoms with Crippen LogP contribution in [-0.2, 0) is 4.79 Å². The van der Waals surface area contributed by atoms with Crippen LogP contribution in [0.3, 0.4) is 0 Å². The van der Waals surface area contributed by atoms with E-state index in [2.05, 4.69) is 42.7 Å². The Kier molecular flexibility index (Phi) is 5.59. The first-order valence-electron chi connectivity index (χ1n) is 8.41. The van der Waals surface area contributed by atoms with Crippen molar-refractivity contribution < 1.29 is 4.79 Å². The van der Waals surface area contributed by atoms with E-state index in [1.54, 1.807) is 11.8 Å². The predicted molar refractivity (Wildman–Crippen MR) is 100 cm³/mol. The molecule has 1 unspecified atom stereocenters. The van der Waals surface area contributed by atoms with Gasteiger partial charge in [0.05, 0.1) is 0 Å². The molecule has 1 atom stereocenters. The van der Waals surface area contributed by atoms with Gasteiger partial charge in [0.15, 0.2) is 0 Å². The zero-order valence-electron chi connectivity index (χ0n) is 14.2. The molecule has 3 rings (SSSR count). The number of carbonyl (C=O) groups is 1. The van der Waals surface area contributed by atoms with Gasteiger partial charge in [-0.3, -0.25) is 4.79 Å². The highest BCUT2D eigenvalue weighted by Crippen LogP contribution is 2.37. The van der Waals surface area contributed by atoms with Crippen molar-refractivity contribution in [3.63, 3.8) is 0 Å². The van der Waals surface area contributed by atoms with Crippen molar-refractivity contribution in [3.05, 3.63) is 65.2 Å². The van der Waals surface area contributed by atoms with Crippen LogP contribution < -0.4 is 10.6 Å². The monoisotopic (exact) mass is 340 g/mol. The van der Waals surface area contributed by atoms with Gasteiger partial charge in [-0.1, -0.05) is 48.0 Å². The molecule has 0 aliphatic carbocycles. The van der Waals surface area contributed by atoms with Gasteiger partial charge in [-0.05, 0) is 31.0 Å². The van der Waals surface area contributed by atoms with Crippen molar-refractivity contribution >= 4 is 17.7 Å². The van der Waals surface area contributed by atoms with E-state index in [1.165, 1.54) is 11.1 Å². The van der Waals surface area contributed by atoms with Crippen LogP contribution in [0.2, 0.25) is 0 Å². The standard InChI is InChI=1S/C20H24N2OS/c1-14-8-9-18(15(2)10-14)24-19(17-6-4-3-5-7-17)20(23)22-13-16-11-21-12-16/h3-10,16,19,21H,11-13H2,1-2H3,(H,22,23). The molecule has 2 aromatic rings. The zero-order valence-corrected chi connectivity index (χ0v) is 15.0. The molecule has 1 heterocycles. The highest BCUT2D eigenvalue weighted by atomic mass is 32.2. The summed E-state index contributed by atoms with van der Waals surface area (Å²) in [6.07, 6.45) is 0. The van der Waals surface area contributed by atoms with Gasteiger partial charge in [0.2, 0.25) is 5.91 Å². The van der Waals surface area contributed by atoms with Gasteiger partial charge in [-0.25, -0.2) is 0 Å². The Balaban J connectivity index is 1.77. The van der Waals surface area contributed by atoms with Crippen LogP contribution in [0, 0.1) is 19.8 Å². The van der Waals surface area contributed by atoms with Crippen molar-refractivity contribution in [2.75, 3.05) is 19.6 Å². The summed E-state index contributed by atoms with van der Waals surface area (Å²) in [5.41, 5.74) is 3.51. The molecule has 0 aromatic heterocycles. The molecule has 24 heavy (non-hydrogen) atoms. The first kappa shape index (κ1) is 17.1. The van der Waals surface area contributed by atoms with Gasteiger partial charge in [-0.2, -0.15) is 0 Å². The summed E-state index contributed by atoms with van der Waals surface area (Å²) in [7, 11) is 0. The summed E-state index contributed by atoms with van der Waals surface area (Å²) in [5, 5.41) is 6.15. The van der Waals surface area contributed by atoms with Crippen molar-refractivity contribution in [2.24, 2.45) is 5.92 Å². The smallest absolute Gasteiger partial charge is 0.238 e. The lowest BCUT2D eigenvalue weighted by atomic mass is 10.0. The van der Waals surface area contributed by atoms with Crippen molar-refractivity contribution in [2.45, 2.75) is 24.0 Å². The average Bonchev–Trinajstić information content (AvgIpc) is 2.53. The summed E-state index contributed by atoms with van der Waals surface area (Å²) >= 11 is 1.63. The van der Waals surface area contributed by atoms with Crippen LogP contribution in [-0.4, -0.2) is 25.5 Å². The summed E-state index contributed by atoms with van der Waals surface area (Å²) in [6.45, 7) is 6.95. The first-order chi connectivity index (χ1) is 11.6. The van der Waals surface area contributed by atoms with Crippen LogP contribution in [0.15, 0.2) is 53.4 Å². The zero-order chi connectivity index (χ0) is 16.9. The number of hydrogen-bond acceptors (Lipinski definition) is 3. The molecule has 126 valence electrons. The molecule has 0 radical (unpaired) electrons. The van der Waals surface area contributed by atoms with E-state index in [-0.39, 0.29) is 11.2 Å². The molecule has 1 saturated heterocycles. The molecular weight excluding hydrogens is 316 g/mol. The van der Waals surface area contributed by atoms with Crippen LogP contribution in [0.1, 0.15) is 21.9 Å². The van der Waals surface area contributed by atoms with Gasteiger partial charge >= 0.3 is 0 Å². The number of amides is 1.